The number of fused-ring (bicyclic) bond motifs is 2. The Labute approximate surface area is 171 Å². The summed E-state index contributed by atoms with van der Waals surface area (Å²) in [6, 6.07) is 24.4. The van der Waals surface area contributed by atoms with Gasteiger partial charge in [0.15, 0.2) is 0 Å². The highest BCUT2D eigenvalue weighted by Crippen LogP contribution is 2.28. The molecule has 0 aliphatic carbocycles. The maximum atomic E-state index is 13.2. The number of para-hydroxylation sites is 1. The molecule has 0 spiro atoms. The fourth-order valence-electron chi connectivity index (χ4n) is 3.51. The summed E-state index contributed by atoms with van der Waals surface area (Å²) in [6.07, 6.45) is 0. The van der Waals surface area contributed by atoms with Gasteiger partial charge in [-0.25, -0.2) is 4.98 Å². The Morgan fingerprint density at radius 3 is 2.34 bits per heavy atom. The van der Waals surface area contributed by atoms with Crippen molar-refractivity contribution in [1.82, 2.24) is 14.8 Å². The van der Waals surface area contributed by atoms with Gasteiger partial charge in [-0.1, -0.05) is 54.6 Å². The van der Waals surface area contributed by atoms with E-state index in [2.05, 4.69) is 35.2 Å². The quantitative estimate of drug-likeness (QED) is 0.502. The molecule has 0 N–H and O–H groups in total. The molecule has 0 aliphatic heterocycles. The second kappa shape index (κ2) is 8.02. The molecule has 1 amide bonds. The molecule has 1 aromatic heterocycles. The van der Waals surface area contributed by atoms with Crippen LogP contribution < -0.4 is 0 Å². The molecule has 4 nitrogen and oxygen atoms in total. The van der Waals surface area contributed by atoms with Crippen LogP contribution in [0.5, 0.6) is 0 Å². The van der Waals surface area contributed by atoms with Crippen LogP contribution in [-0.2, 0) is 0 Å². The SMILES string of the molecule is CN(C)CCN(C)C(=O)c1cc(-c2ccc3ccccc3c2)nc2ccccc12. The minimum atomic E-state index is 0.0208. The second-order valence-electron chi connectivity index (χ2n) is 7.66. The smallest absolute Gasteiger partial charge is 0.254 e. The number of carbonyl (C=O) groups excluding carboxylic acids is 1. The van der Waals surface area contributed by atoms with Crippen molar-refractivity contribution in [3.63, 3.8) is 0 Å². The largest absolute Gasteiger partial charge is 0.340 e. The van der Waals surface area contributed by atoms with Gasteiger partial charge in [-0.3, -0.25) is 4.79 Å². The molecular weight excluding hydrogens is 358 g/mol. The summed E-state index contributed by atoms with van der Waals surface area (Å²) in [5.74, 6) is 0.0208. The third kappa shape index (κ3) is 3.98. The lowest BCUT2D eigenvalue weighted by Gasteiger charge is -2.21. The van der Waals surface area contributed by atoms with E-state index in [1.165, 1.54) is 5.39 Å². The lowest BCUT2D eigenvalue weighted by atomic mass is 10.0. The molecule has 0 saturated heterocycles. The predicted octanol–water partition coefficient (Wildman–Crippen LogP) is 4.69. The highest BCUT2D eigenvalue weighted by atomic mass is 16.2. The summed E-state index contributed by atoms with van der Waals surface area (Å²) in [5, 5.41) is 3.24. The number of hydrogen-bond donors (Lipinski definition) is 0. The van der Waals surface area contributed by atoms with Gasteiger partial charge < -0.3 is 9.80 Å². The van der Waals surface area contributed by atoms with Crippen LogP contribution in [0.4, 0.5) is 0 Å². The lowest BCUT2D eigenvalue weighted by molar-refractivity contribution is 0.0788. The van der Waals surface area contributed by atoms with E-state index < -0.39 is 0 Å². The molecule has 0 atom stereocenters. The van der Waals surface area contributed by atoms with Gasteiger partial charge >= 0.3 is 0 Å². The van der Waals surface area contributed by atoms with E-state index in [0.717, 1.165) is 34.1 Å². The molecule has 1 heterocycles. The molecular formula is C25H25N3O. The van der Waals surface area contributed by atoms with Crippen LogP contribution in [0.25, 0.3) is 32.9 Å². The summed E-state index contributed by atoms with van der Waals surface area (Å²) >= 11 is 0. The van der Waals surface area contributed by atoms with Crippen molar-refractivity contribution in [1.29, 1.82) is 0 Å². The van der Waals surface area contributed by atoms with Gasteiger partial charge in [-0.2, -0.15) is 0 Å². The minimum Gasteiger partial charge on any atom is -0.340 e. The molecule has 4 aromatic rings. The van der Waals surface area contributed by atoms with Crippen LogP contribution in [0.3, 0.4) is 0 Å². The fraction of sp³-hybridized carbons (Fsp3) is 0.200. The van der Waals surface area contributed by atoms with E-state index in [4.69, 9.17) is 4.98 Å². The third-order valence-corrected chi connectivity index (χ3v) is 5.22. The van der Waals surface area contributed by atoms with E-state index in [1.54, 1.807) is 4.90 Å². The molecule has 0 saturated carbocycles. The normalized spacial score (nSPS) is 11.3. The first-order valence-corrected chi connectivity index (χ1v) is 9.82. The molecule has 4 rings (SSSR count). The number of pyridine rings is 1. The van der Waals surface area contributed by atoms with Gasteiger partial charge in [0.05, 0.1) is 16.8 Å². The zero-order valence-electron chi connectivity index (χ0n) is 17.1. The first-order chi connectivity index (χ1) is 14.0. The van der Waals surface area contributed by atoms with Gasteiger partial charge in [0.1, 0.15) is 0 Å². The number of aromatic nitrogens is 1. The first-order valence-electron chi connectivity index (χ1n) is 9.82. The molecule has 0 bridgehead atoms. The molecule has 0 aliphatic rings. The van der Waals surface area contributed by atoms with Crippen LogP contribution >= 0.6 is 0 Å². The van der Waals surface area contributed by atoms with Gasteiger partial charge in [0, 0.05) is 31.1 Å². The molecule has 4 heteroatoms. The average Bonchev–Trinajstić information content (AvgIpc) is 2.75. The molecule has 0 unspecified atom stereocenters. The number of rotatable bonds is 5. The molecule has 29 heavy (non-hydrogen) atoms. The summed E-state index contributed by atoms with van der Waals surface area (Å²) in [6.45, 7) is 1.50. The lowest BCUT2D eigenvalue weighted by Crippen LogP contribution is -2.33. The zero-order chi connectivity index (χ0) is 20.4. The Kier molecular flexibility index (Phi) is 5.28. The van der Waals surface area contributed by atoms with Crippen LogP contribution in [0.2, 0.25) is 0 Å². The van der Waals surface area contributed by atoms with Gasteiger partial charge in [-0.05, 0) is 43.1 Å². The predicted molar refractivity (Wildman–Crippen MR) is 120 cm³/mol. The Hall–Kier alpha value is -3.24. The average molecular weight is 383 g/mol. The number of hydrogen-bond acceptors (Lipinski definition) is 3. The van der Waals surface area contributed by atoms with Crippen molar-refractivity contribution in [2.75, 3.05) is 34.2 Å². The standard InChI is InChI=1S/C25H25N3O/c1-27(2)14-15-28(3)25(29)22-17-24(26-23-11-7-6-10-21(22)23)20-13-12-18-8-4-5-9-19(18)16-20/h4-13,16-17H,14-15H2,1-3H3. The number of nitrogens with zero attached hydrogens (tertiary/aromatic N) is 3. The van der Waals surface area contributed by atoms with E-state index >= 15 is 0 Å². The van der Waals surface area contributed by atoms with Gasteiger partial charge in [0.25, 0.3) is 5.91 Å². The van der Waals surface area contributed by atoms with Crippen molar-refractivity contribution < 1.29 is 4.79 Å². The zero-order valence-corrected chi connectivity index (χ0v) is 17.1. The summed E-state index contributed by atoms with van der Waals surface area (Å²) in [4.78, 5) is 22.0. The van der Waals surface area contributed by atoms with Crippen molar-refractivity contribution in [2.24, 2.45) is 0 Å². The summed E-state index contributed by atoms with van der Waals surface area (Å²) in [7, 11) is 5.88. The highest BCUT2D eigenvalue weighted by molar-refractivity contribution is 6.07. The van der Waals surface area contributed by atoms with Crippen molar-refractivity contribution in [2.45, 2.75) is 0 Å². The van der Waals surface area contributed by atoms with E-state index in [0.29, 0.717) is 12.1 Å². The van der Waals surface area contributed by atoms with E-state index in [-0.39, 0.29) is 5.91 Å². The van der Waals surface area contributed by atoms with Crippen LogP contribution in [0.1, 0.15) is 10.4 Å². The second-order valence-corrected chi connectivity index (χ2v) is 7.66. The van der Waals surface area contributed by atoms with E-state index in [1.807, 2.05) is 63.6 Å². The van der Waals surface area contributed by atoms with Gasteiger partial charge in [-0.15, -0.1) is 0 Å². The molecule has 0 fully saturated rings. The number of likely N-dealkylation sites (N-methyl/N-ethyl adjacent to an activating group) is 2. The Morgan fingerprint density at radius 2 is 1.55 bits per heavy atom. The maximum absolute atomic E-state index is 13.2. The third-order valence-electron chi connectivity index (χ3n) is 5.22. The molecule has 0 radical (unpaired) electrons. The summed E-state index contributed by atoms with van der Waals surface area (Å²) < 4.78 is 0. The Balaban J connectivity index is 1.80. The van der Waals surface area contributed by atoms with Crippen LogP contribution in [0, 0.1) is 0 Å². The monoisotopic (exact) mass is 383 g/mol. The maximum Gasteiger partial charge on any atom is 0.254 e. The number of benzene rings is 3. The first kappa shape index (κ1) is 19.1. The Bertz CT molecular complexity index is 1180. The highest BCUT2D eigenvalue weighted by Gasteiger charge is 2.17. The van der Waals surface area contributed by atoms with Crippen molar-refractivity contribution in [3.05, 3.63) is 78.4 Å². The van der Waals surface area contributed by atoms with E-state index in [9.17, 15) is 4.79 Å². The molecule has 3 aromatic carbocycles. The minimum absolute atomic E-state index is 0.0208. The van der Waals surface area contributed by atoms with Crippen molar-refractivity contribution >= 4 is 27.6 Å². The number of carbonyl (C=O) groups is 1. The van der Waals surface area contributed by atoms with Crippen LogP contribution in [-0.4, -0.2) is 54.9 Å². The number of amides is 1. The fourth-order valence-corrected chi connectivity index (χ4v) is 3.51. The molecule has 146 valence electrons. The summed E-state index contributed by atoms with van der Waals surface area (Å²) in [5.41, 5.74) is 3.36. The topological polar surface area (TPSA) is 36.4 Å². The van der Waals surface area contributed by atoms with Crippen molar-refractivity contribution in [3.8, 4) is 11.3 Å². The van der Waals surface area contributed by atoms with Gasteiger partial charge in [0.2, 0.25) is 0 Å². The van der Waals surface area contributed by atoms with Crippen LogP contribution in [0.15, 0.2) is 72.8 Å². The Morgan fingerprint density at radius 1 is 0.828 bits per heavy atom.